The number of ketones is 1. The van der Waals surface area contributed by atoms with Crippen LogP contribution in [0.1, 0.15) is 22.3 Å². The van der Waals surface area contributed by atoms with Crippen molar-refractivity contribution in [3.63, 3.8) is 0 Å². The Balaban J connectivity index is 1.45. The molecular formula is C23H21NO8. The van der Waals surface area contributed by atoms with E-state index in [1.54, 1.807) is 24.3 Å². The summed E-state index contributed by atoms with van der Waals surface area (Å²) in [5, 5.41) is 18.9. The number of methoxy groups -OCH3 is 1. The third kappa shape index (κ3) is 4.15. The van der Waals surface area contributed by atoms with Gasteiger partial charge in [-0.3, -0.25) is 9.59 Å². The summed E-state index contributed by atoms with van der Waals surface area (Å²) >= 11 is 0. The molecule has 1 fully saturated rings. The molecule has 9 nitrogen and oxygen atoms in total. The summed E-state index contributed by atoms with van der Waals surface area (Å²) in [4.78, 5) is 37.4. The van der Waals surface area contributed by atoms with Crippen LogP contribution < -0.4 is 14.2 Å². The van der Waals surface area contributed by atoms with Gasteiger partial charge in [0.2, 0.25) is 5.78 Å². The second-order valence-electron chi connectivity index (χ2n) is 7.42. The Morgan fingerprint density at radius 3 is 2.78 bits per heavy atom. The van der Waals surface area contributed by atoms with Crippen LogP contribution in [0.4, 0.5) is 0 Å². The van der Waals surface area contributed by atoms with Crippen LogP contribution in [0.3, 0.4) is 0 Å². The number of carboxylic acid groups (broad SMARTS) is 1. The molecular weight excluding hydrogens is 418 g/mol. The molecule has 0 spiro atoms. The van der Waals surface area contributed by atoms with E-state index in [-0.39, 0.29) is 30.3 Å². The average molecular weight is 439 g/mol. The van der Waals surface area contributed by atoms with Crippen molar-refractivity contribution in [3.05, 3.63) is 59.4 Å². The summed E-state index contributed by atoms with van der Waals surface area (Å²) in [6, 6.07) is 10.7. The van der Waals surface area contributed by atoms with Crippen molar-refractivity contribution < 1.29 is 38.8 Å². The van der Waals surface area contributed by atoms with E-state index >= 15 is 0 Å². The normalized spacial score (nSPS) is 20.8. The summed E-state index contributed by atoms with van der Waals surface area (Å²) in [5.74, 6) is -0.702. The molecule has 2 aliphatic heterocycles. The van der Waals surface area contributed by atoms with Crippen molar-refractivity contribution in [1.82, 2.24) is 4.90 Å². The van der Waals surface area contributed by atoms with Gasteiger partial charge in [-0.05, 0) is 24.3 Å². The minimum atomic E-state index is -1.17. The van der Waals surface area contributed by atoms with Crippen LogP contribution in [0, 0.1) is 0 Å². The highest BCUT2D eigenvalue weighted by Crippen LogP contribution is 2.35. The number of ether oxygens (including phenoxy) is 3. The molecule has 4 rings (SSSR count). The van der Waals surface area contributed by atoms with E-state index in [1.165, 1.54) is 19.2 Å². The Kier molecular flexibility index (Phi) is 5.83. The van der Waals surface area contributed by atoms with Crippen LogP contribution in [0.25, 0.3) is 6.08 Å². The summed E-state index contributed by atoms with van der Waals surface area (Å²) in [6.45, 7) is -0.467. The van der Waals surface area contributed by atoms with E-state index in [2.05, 4.69) is 0 Å². The lowest BCUT2D eigenvalue weighted by molar-refractivity contribution is -0.148. The van der Waals surface area contributed by atoms with Gasteiger partial charge in [-0.25, -0.2) is 4.79 Å². The largest absolute Gasteiger partial charge is 0.496 e. The zero-order chi connectivity index (χ0) is 22.8. The van der Waals surface area contributed by atoms with Gasteiger partial charge in [0.1, 0.15) is 23.3 Å². The van der Waals surface area contributed by atoms with Gasteiger partial charge in [-0.15, -0.1) is 0 Å². The first kappa shape index (κ1) is 21.4. The van der Waals surface area contributed by atoms with Crippen molar-refractivity contribution in [1.29, 1.82) is 0 Å². The van der Waals surface area contributed by atoms with E-state index in [0.29, 0.717) is 22.6 Å². The zero-order valence-electron chi connectivity index (χ0n) is 17.2. The number of nitrogens with zero attached hydrogens (tertiary/aromatic N) is 1. The molecule has 0 bridgehead atoms. The molecule has 2 aliphatic rings. The number of carboxylic acids is 1. The van der Waals surface area contributed by atoms with E-state index in [4.69, 9.17) is 14.2 Å². The Labute approximate surface area is 183 Å². The highest BCUT2D eigenvalue weighted by atomic mass is 16.5. The number of β-amino-alcohol motifs (C(OH)–C–C–N with tert-alkyl or cyclic N) is 1. The van der Waals surface area contributed by atoms with Crippen molar-refractivity contribution in [2.24, 2.45) is 0 Å². The molecule has 2 aromatic rings. The number of carbonyl (C=O) groups excluding carboxylic acids is 2. The number of aliphatic hydroxyl groups is 1. The molecule has 0 aromatic heterocycles. The van der Waals surface area contributed by atoms with Gasteiger partial charge in [0.05, 0.1) is 18.8 Å². The standard InChI is InChI=1S/C23H21NO8/c1-30-18-5-3-2-4-13(18)8-20-22(27)16-7-6-15(10-19(16)32-20)31-12-21(26)24-11-14(25)9-17(24)23(28)29/h2-8,10,14,17,25H,9,11-12H2,1H3,(H,28,29). The minimum Gasteiger partial charge on any atom is -0.496 e. The second kappa shape index (κ2) is 8.72. The molecule has 9 heteroatoms. The lowest BCUT2D eigenvalue weighted by Crippen LogP contribution is -2.42. The first-order valence-electron chi connectivity index (χ1n) is 9.92. The molecule has 1 saturated heterocycles. The van der Waals surface area contributed by atoms with Crippen LogP contribution in [0.5, 0.6) is 17.2 Å². The molecule has 2 aromatic carbocycles. The maximum absolute atomic E-state index is 12.7. The Hall–Kier alpha value is -3.85. The lowest BCUT2D eigenvalue weighted by atomic mass is 10.1. The Bertz CT molecular complexity index is 1110. The van der Waals surface area contributed by atoms with Crippen molar-refractivity contribution in [3.8, 4) is 17.2 Å². The van der Waals surface area contributed by atoms with Gasteiger partial charge in [0, 0.05) is 24.6 Å². The molecule has 2 atom stereocenters. The third-order valence-corrected chi connectivity index (χ3v) is 5.31. The Morgan fingerprint density at radius 1 is 1.25 bits per heavy atom. The monoisotopic (exact) mass is 439 g/mol. The van der Waals surface area contributed by atoms with Crippen LogP contribution in [0.15, 0.2) is 48.2 Å². The van der Waals surface area contributed by atoms with E-state index in [9.17, 15) is 24.6 Å². The fourth-order valence-corrected chi connectivity index (χ4v) is 3.74. The molecule has 166 valence electrons. The second-order valence-corrected chi connectivity index (χ2v) is 7.42. The van der Waals surface area contributed by atoms with E-state index in [0.717, 1.165) is 4.90 Å². The molecule has 1 amide bonds. The van der Waals surface area contributed by atoms with Gasteiger partial charge in [0.25, 0.3) is 5.91 Å². The topological polar surface area (TPSA) is 123 Å². The number of fused-ring (bicyclic) bond motifs is 1. The quantitative estimate of drug-likeness (QED) is 0.653. The number of carbonyl (C=O) groups is 3. The summed E-state index contributed by atoms with van der Waals surface area (Å²) in [5.41, 5.74) is 1.05. The highest BCUT2D eigenvalue weighted by molar-refractivity contribution is 6.14. The number of hydrogen-bond donors (Lipinski definition) is 2. The fourth-order valence-electron chi connectivity index (χ4n) is 3.74. The number of para-hydroxylation sites is 1. The van der Waals surface area contributed by atoms with Crippen molar-refractivity contribution in [2.75, 3.05) is 20.3 Å². The third-order valence-electron chi connectivity index (χ3n) is 5.31. The Morgan fingerprint density at radius 2 is 2.03 bits per heavy atom. The lowest BCUT2D eigenvalue weighted by Gasteiger charge is -2.21. The van der Waals surface area contributed by atoms with E-state index in [1.807, 2.05) is 12.1 Å². The molecule has 32 heavy (non-hydrogen) atoms. The number of hydrogen-bond acceptors (Lipinski definition) is 7. The first-order valence-corrected chi connectivity index (χ1v) is 9.92. The predicted molar refractivity (Wildman–Crippen MR) is 112 cm³/mol. The first-order chi connectivity index (χ1) is 15.4. The van der Waals surface area contributed by atoms with Gasteiger partial charge in [-0.2, -0.15) is 0 Å². The number of aliphatic hydroxyl groups excluding tert-OH is 1. The summed E-state index contributed by atoms with van der Waals surface area (Å²) in [7, 11) is 1.54. The number of allylic oxidation sites excluding steroid dienone is 1. The maximum Gasteiger partial charge on any atom is 0.326 e. The number of benzene rings is 2. The average Bonchev–Trinajstić information content (AvgIpc) is 3.32. The number of Topliss-reactive ketones (excluding diaryl/α,β-unsaturated/α-hetero) is 1. The van der Waals surface area contributed by atoms with Crippen LogP contribution >= 0.6 is 0 Å². The van der Waals surface area contributed by atoms with Gasteiger partial charge in [-0.1, -0.05) is 18.2 Å². The summed E-state index contributed by atoms with van der Waals surface area (Å²) in [6.07, 6.45) is 0.695. The minimum absolute atomic E-state index is 0.0167. The predicted octanol–water partition coefficient (Wildman–Crippen LogP) is 1.74. The van der Waals surface area contributed by atoms with Gasteiger partial charge >= 0.3 is 5.97 Å². The number of aliphatic carboxylic acids is 1. The molecule has 2 N–H and O–H groups in total. The fraction of sp³-hybridized carbons (Fsp3) is 0.261. The maximum atomic E-state index is 12.7. The highest BCUT2D eigenvalue weighted by Gasteiger charge is 2.39. The van der Waals surface area contributed by atoms with Crippen LogP contribution in [0.2, 0.25) is 0 Å². The van der Waals surface area contributed by atoms with Crippen LogP contribution in [-0.2, 0) is 9.59 Å². The van der Waals surface area contributed by atoms with Gasteiger partial charge < -0.3 is 29.3 Å². The SMILES string of the molecule is COc1ccccc1C=C1Oc2cc(OCC(=O)N3CC(O)CC3C(=O)O)ccc2C1=O. The molecule has 0 saturated carbocycles. The molecule has 0 aliphatic carbocycles. The molecule has 2 heterocycles. The number of likely N-dealkylation sites (tertiary alicyclic amines) is 1. The van der Waals surface area contributed by atoms with Crippen LogP contribution in [-0.4, -0.2) is 65.2 Å². The van der Waals surface area contributed by atoms with Crippen molar-refractivity contribution >= 4 is 23.7 Å². The van der Waals surface area contributed by atoms with Gasteiger partial charge in [0.15, 0.2) is 12.4 Å². The van der Waals surface area contributed by atoms with E-state index < -0.39 is 30.6 Å². The zero-order valence-corrected chi connectivity index (χ0v) is 17.2. The summed E-state index contributed by atoms with van der Waals surface area (Å²) < 4.78 is 16.5. The van der Waals surface area contributed by atoms with Crippen molar-refractivity contribution in [2.45, 2.75) is 18.6 Å². The molecule has 2 unspecified atom stereocenters. The smallest absolute Gasteiger partial charge is 0.326 e. The number of rotatable bonds is 6. The number of amides is 1. The molecule has 0 radical (unpaired) electrons.